The molecule has 10 heteroatoms. The Balaban J connectivity index is 2.43. The Morgan fingerprint density at radius 1 is 1.62 bits per heavy atom. The van der Waals surface area contributed by atoms with Crippen LogP contribution in [0.1, 0.15) is 5.69 Å². The lowest BCUT2D eigenvalue weighted by atomic mass is 10.4. The number of hydrogen-bond acceptors (Lipinski definition) is 7. The number of hydrogen-bond donors (Lipinski definition) is 3. The summed E-state index contributed by atoms with van der Waals surface area (Å²) in [7, 11) is -3.18. The van der Waals surface area contributed by atoms with Crippen LogP contribution < -0.4 is 10.5 Å². The van der Waals surface area contributed by atoms with Crippen LogP contribution in [0.25, 0.3) is 0 Å². The molecule has 0 aliphatic rings. The fourth-order valence-corrected chi connectivity index (χ4v) is 2.18. The average Bonchev–Trinajstić information content (AvgIpc) is 2.58. The third-order valence-corrected chi connectivity index (χ3v) is 3.10. The molecule has 1 heterocycles. The van der Waals surface area contributed by atoms with Crippen LogP contribution in [0.15, 0.2) is 9.65 Å². The first-order valence-electron chi connectivity index (χ1n) is 4.14. The summed E-state index contributed by atoms with van der Waals surface area (Å²) in [6.07, 6.45) is 1.08. The molecule has 1 rings (SSSR count). The maximum atomic E-state index is 10.7. The van der Waals surface area contributed by atoms with Gasteiger partial charge in [-0.15, -0.1) is 0 Å². The molecule has 0 aromatic carbocycles. The Morgan fingerprint density at radius 2 is 2.31 bits per heavy atom. The molecule has 0 bridgehead atoms. The number of sulfonamides is 1. The Hall–Kier alpha value is -1.13. The van der Waals surface area contributed by atoms with Crippen molar-refractivity contribution in [3.05, 3.63) is 5.69 Å². The number of aromatic nitrogens is 2. The van der Waals surface area contributed by atoms with E-state index in [4.69, 9.17) is 11.1 Å². The third kappa shape index (κ3) is 4.16. The quantitative estimate of drug-likeness (QED) is 0.259. The molecule has 0 aliphatic heterocycles. The first kappa shape index (κ1) is 12.9. The summed E-state index contributed by atoms with van der Waals surface area (Å²) in [5.74, 6) is 0.210. The molecule has 1 aromatic rings. The van der Waals surface area contributed by atoms with E-state index in [1.807, 2.05) is 0 Å². The van der Waals surface area contributed by atoms with Gasteiger partial charge in [-0.1, -0.05) is 11.8 Å². The van der Waals surface area contributed by atoms with E-state index in [1.165, 1.54) is 11.8 Å². The molecule has 90 valence electrons. The molecule has 0 radical (unpaired) electrons. The highest BCUT2D eigenvalue weighted by Gasteiger charge is 2.13. The van der Waals surface area contributed by atoms with Crippen LogP contribution in [0.2, 0.25) is 0 Å². The number of nitrogen functional groups attached to an aromatic ring is 1. The van der Waals surface area contributed by atoms with Gasteiger partial charge in [0.2, 0.25) is 10.0 Å². The molecule has 0 atom stereocenters. The predicted octanol–water partition coefficient (Wildman–Crippen LogP) is -1.01. The summed E-state index contributed by atoms with van der Waals surface area (Å²) in [5.41, 5.74) is 5.40. The molecule has 16 heavy (non-hydrogen) atoms. The zero-order chi connectivity index (χ0) is 12.2. The van der Waals surface area contributed by atoms with Crippen LogP contribution in [-0.2, 0) is 10.0 Å². The molecule has 0 saturated heterocycles. The van der Waals surface area contributed by atoms with Crippen molar-refractivity contribution in [2.24, 2.45) is 5.73 Å². The van der Waals surface area contributed by atoms with Crippen LogP contribution in [0.3, 0.4) is 0 Å². The van der Waals surface area contributed by atoms with Gasteiger partial charge in [0.05, 0.1) is 6.26 Å². The van der Waals surface area contributed by atoms with Crippen LogP contribution in [-0.4, -0.2) is 43.1 Å². The average molecular weight is 265 g/mol. The van der Waals surface area contributed by atoms with E-state index in [2.05, 4.69) is 19.7 Å². The summed E-state index contributed by atoms with van der Waals surface area (Å²) in [6, 6.07) is 0. The zero-order valence-corrected chi connectivity index (χ0v) is 10.1. The van der Waals surface area contributed by atoms with E-state index in [9.17, 15) is 8.42 Å². The van der Waals surface area contributed by atoms with Gasteiger partial charge in [-0.25, -0.2) is 17.8 Å². The normalized spacial score (nSPS) is 11.6. The number of thioether (sulfide) groups is 1. The largest absolute Gasteiger partial charge is 0.382 e. The maximum absolute atomic E-state index is 10.7. The van der Waals surface area contributed by atoms with E-state index >= 15 is 0 Å². The van der Waals surface area contributed by atoms with Crippen LogP contribution in [0, 0.1) is 5.41 Å². The lowest BCUT2D eigenvalue weighted by Crippen LogP contribution is -2.24. The molecule has 0 saturated carbocycles. The van der Waals surface area contributed by atoms with E-state index < -0.39 is 10.0 Å². The van der Waals surface area contributed by atoms with E-state index in [0.29, 0.717) is 10.8 Å². The summed E-state index contributed by atoms with van der Waals surface area (Å²) in [4.78, 5) is 0. The second-order valence-electron chi connectivity index (χ2n) is 2.85. The fraction of sp³-hybridized carbons (Fsp3) is 0.500. The highest BCUT2D eigenvalue weighted by atomic mass is 32.2. The maximum Gasteiger partial charge on any atom is 0.208 e. The van der Waals surface area contributed by atoms with Crippen molar-refractivity contribution in [3.8, 4) is 0 Å². The van der Waals surface area contributed by atoms with Gasteiger partial charge in [0, 0.05) is 12.3 Å². The molecule has 1 aromatic heterocycles. The zero-order valence-electron chi connectivity index (χ0n) is 8.43. The van der Waals surface area contributed by atoms with Crippen LogP contribution in [0.5, 0.6) is 0 Å². The Kier molecular flexibility index (Phi) is 4.26. The highest BCUT2D eigenvalue weighted by Crippen LogP contribution is 2.17. The van der Waals surface area contributed by atoms with E-state index in [-0.39, 0.29) is 18.1 Å². The number of rotatable bonds is 6. The lowest BCUT2D eigenvalue weighted by Gasteiger charge is -2.00. The summed E-state index contributed by atoms with van der Waals surface area (Å²) in [6.45, 7) is 0.258. The number of nitrogens with zero attached hydrogens (tertiary/aromatic N) is 2. The minimum absolute atomic E-state index is 0.171. The summed E-state index contributed by atoms with van der Waals surface area (Å²) in [5, 5.41) is 14.5. The first-order valence-corrected chi connectivity index (χ1v) is 7.02. The Labute approximate surface area is 96.5 Å². The van der Waals surface area contributed by atoms with Gasteiger partial charge in [0.25, 0.3) is 0 Å². The molecule has 0 unspecified atom stereocenters. The number of nitrogens with one attached hydrogen (secondary N) is 2. The second-order valence-corrected chi connectivity index (χ2v) is 5.76. The van der Waals surface area contributed by atoms with Crippen LogP contribution in [0.4, 0.5) is 0 Å². The van der Waals surface area contributed by atoms with Gasteiger partial charge >= 0.3 is 0 Å². The minimum Gasteiger partial charge on any atom is -0.382 e. The van der Waals surface area contributed by atoms with Crippen molar-refractivity contribution in [1.82, 2.24) is 15.0 Å². The highest BCUT2D eigenvalue weighted by molar-refractivity contribution is 7.99. The molecule has 0 spiro atoms. The SMILES string of the molecule is CS(=O)(=O)NCCSc1nonc1C(=N)N. The van der Waals surface area contributed by atoms with Gasteiger partial charge < -0.3 is 5.73 Å². The Morgan fingerprint density at radius 3 is 2.88 bits per heavy atom. The van der Waals surface area contributed by atoms with E-state index in [1.54, 1.807) is 0 Å². The molecule has 0 aliphatic carbocycles. The third-order valence-electron chi connectivity index (χ3n) is 1.42. The lowest BCUT2D eigenvalue weighted by molar-refractivity contribution is 0.298. The van der Waals surface area contributed by atoms with Crippen molar-refractivity contribution >= 4 is 27.6 Å². The van der Waals surface area contributed by atoms with Crippen molar-refractivity contribution in [2.75, 3.05) is 18.6 Å². The van der Waals surface area contributed by atoms with E-state index in [0.717, 1.165) is 6.26 Å². The van der Waals surface area contributed by atoms with Crippen molar-refractivity contribution in [3.63, 3.8) is 0 Å². The molecule has 0 fully saturated rings. The van der Waals surface area contributed by atoms with Gasteiger partial charge in [-0.05, 0) is 10.3 Å². The molecule has 8 nitrogen and oxygen atoms in total. The second kappa shape index (κ2) is 5.27. The monoisotopic (exact) mass is 265 g/mol. The fourth-order valence-electron chi connectivity index (χ4n) is 0.814. The molecule has 4 N–H and O–H groups in total. The molecular weight excluding hydrogens is 254 g/mol. The van der Waals surface area contributed by atoms with Gasteiger partial charge in [-0.3, -0.25) is 5.41 Å². The molecular formula is C6H11N5O3S2. The smallest absolute Gasteiger partial charge is 0.208 e. The summed E-state index contributed by atoms with van der Waals surface area (Å²) >= 11 is 1.21. The van der Waals surface area contributed by atoms with Gasteiger partial charge in [-0.2, -0.15) is 0 Å². The topological polar surface area (TPSA) is 135 Å². The summed E-state index contributed by atoms with van der Waals surface area (Å²) < 4.78 is 28.2. The Bertz CT molecular complexity index is 468. The molecule has 0 amide bonds. The number of nitrogens with two attached hydrogens (primary N) is 1. The van der Waals surface area contributed by atoms with Crippen molar-refractivity contribution in [2.45, 2.75) is 5.03 Å². The number of amidine groups is 1. The minimum atomic E-state index is -3.18. The predicted molar refractivity (Wildman–Crippen MR) is 58.9 cm³/mol. The standard InChI is InChI=1S/C6H11N5O3S2/c1-16(12,13)9-2-3-15-6-4(5(7)8)10-14-11-6/h9H,2-3H2,1H3,(H3,7,8). The van der Waals surface area contributed by atoms with Gasteiger partial charge in [0.1, 0.15) is 5.84 Å². The van der Waals surface area contributed by atoms with Crippen molar-refractivity contribution < 1.29 is 13.0 Å². The van der Waals surface area contributed by atoms with Crippen LogP contribution >= 0.6 is 11.8 Å². The first-order chi connectivity index (χ1) is 7.40. The van der Waals surface area contributed by atoms with Gasteiger partial charge in [0.15, 0.2) is 10.7 Å². The van der Waals surface area contributed by atoms with Crippen molar-refractivity contribution in [1.29, 1.82) is 5.41 Å².